The molecule has 0 saturated carbocycles. The molecule has 7 heteroatoms. The first kappa shape index (κ1) is 23.2. The van der Waals surface area contributed by atoms with Crippen LogP contribution in [0.1, 0.15) is 37.4 Å². The highest BCUT2D eigenvalue weighted by atomic mass is 32.2. The molecule has 0 amide bonds. The van der Waals surface area contributed by atoms with Gasteiger partial charge in [-0.1, -0.05) is 48.5 Å². The van der Waals surface area contributed by atoms with Crippen LogP contribution in [0.4, 0.5) is 0 Å². The molecule has 0 spiro atoms. The third-order valence-electron chi connectivity index (χ3n) is 5.47. The van der Waals surface area contributed by atoms with Gasteiger partial charge in [0.1, 0.15) is 6.61 Å². The summed E-state index contributed by atoms with van der Waals surface area (Å²) in [4.78, 5) is 23.8. The standard InChI is InChI=1S/C27H22O6S/c1-34(31,32)25-12-5-19(6-13-25)17-33-27(30)23-11-10-21-7-4-20(15-24(21)16-23)14-18-2-8-22(9-3-18)26(28)29/h2-13,15-16H,14,17H2,1H3,(H,28,29). The van der Waals surface area contributed by atoms with Gasteiger partial charge >= 0.3 is 11.9 Å². The predicted molar refractivity (Wildman–Crippen MR) is 129 cm³/mol. The summed E-state index contributed by atoms with van der Waals surface area (Å²) in [6.45, 7) is 0.0350. The zero-order chi connectivity index (χ0) is 24.3. The van der Waals surface area contributed by atoms with E-state index in [2.05, 4.69) is 0 Å². The second kappa shape index (κ2) is 9.49. The highest BCUT2D eigenvalue weighted by Crippen LogP contribution is 2.21. The van der Waals surface area contributed by atoms with E-state index in [0.29, 0.717) is 17.5 Å². The fraction of sp³-hybridized carbons (Fsp3) is 0.111. The molecule has 0 heterocycles. The molecule has 6 nitrogen and oxygen atoms in total. The number of carbonyl (C=O) groups is 2. The van der Waals surface area contributed by atoms with E-state index in [1.807, 2.05) is 24.3 Å². The van der Waals surface area contributed by atoms with Crippen molar-refractivity contribution >= 4 is 32.5 Å². The van der Waals surface area contributed by atoms with Crippen LogP contribution in [0.3, 0.4) is 0 Å². The van der Waals surface area contributed by atoms with Gasteiger partial charge in [0.25, 0.3) is 0 Å². The summed E-state index contributed by atoms with van der Waals surface area (Å²) in [6, 6.07) is 24.3. The van der Waals surface area contributed by atoms with Crippen molar-refractivity contribution in [2.24, 2.45) is 0 Å². The second-order valence-corrected chi connectivity index (χ2v) is 10.1. The minimum Gasteiger partial charge on any atom is -0.478 e. The average molecular weight is 475 g/mol. The fourth-order valence-electron chi connectivity index (χ4n) is 3.60. The van der Waals surface area contributed by atoms with Gasteiger partial charge in [0.15, 0.2) is 9.84 Å². The molecular formula is C27H22O6S. The van der Waals surface area contributed by atoms with Crippen LogP contribution in [-0.4, -0.2) is 31.7 Å². The Balaban J connectivity index is 1.46. The number of sulfone groups is 1. The van der Waals surface area contributed by atoms with Gasteiger partial charge in [-0.3, -0.25) is 0 Å². The van der Waals surface area contributed by atoms with Gasteiger partial charge in [0.05, 0.1) is 16.0 Å². The Bertz CT molecular complexity index is 1470. The summed E-state index contributed by atoms with van der Waals surface area (Å²) in [5, 5.41) is 10.9. The molecule has 4 aromatic carbocycles. The van der Waals surface area contributed by atoms with Crippen molar-refractivity contribution in [2.75, 3.05) is 6.26 Å². The van der Waals surface area contributed by atoms with Crippen LogP contribution >= 0.6 is 0 Å². The first-order chi connectivity index (χ1) is 16.2. The number of benzene rings is 4. The number of esters is 1. The molecule has 0 aliphatic carbocycles. The van der Waals surface area contributed by atoms with Crippen molar-refractivity contribution in [2.45, 2.75) is 17.9 Å². The number of carboxylic acid groups (broad SMARTS) is 1. The number of fused-ring (bicyclic) bond motifs is 1. The van der Waals surface area contributed by atoms with E-state index >= 15 is 0 Å². The Morgan fingerprint density at radius 1 is 0.735 bits per heavy atom. The molecular weight excluding hydrogens is 452 g/mol. The van der Waals surface area contributed by atoms with E-state index in [9.17, 15) is 18.0 Å². The van der Waals surface area contributed by atoms with E-state index in [1.54, 1.807) is 48.5 Å². The Morgan fingerprint density at radius 3 is 1.97 bits per heavy atom. The summed E-state index contributed by atoms with van der Waals surface area (Å²) in [5.74, 6) is -1.42. The molecule has 4 rings (SSSR count). The normalized spacial score (nSPS) is 11.3. The third-order valence-corrected chi connectivity index (χ3v) is 6.60. The summed E-state index contributed by atoms with van der Waals surface area (Å²) in [5.41, 5.74) is 3.38. The van der Waals surface area contributed by atoms with Crippen LogP contribution in [0.5, 0.6) is 0 Å². The second-order valence-electron chi connectivity index (χ2n) is 8.07. The summed E-state index contributed by atoms with van der Waals surface area (Å²) in [7, 11) is -3.28. The maximum atomic E-state index is 12.6. The van der Waals surface area contributed by atoms with Crippen LogP contribution in [0, 0.1) is 0 Å². The van der Waals surface area contributed by atoms with Gasteiger partial charge < -0.3 is 9.84 Å². The average Bonchev–Trinajstić information content (AvgIpc) is 2.82. The molecule has 172 valence electrons. The quantitative estimate of drug-likeness (QED) is 0.383. The lowest BCUT2D eigenvalue weighted by Crippen LogP contribution is -2.05. The van der Waals surface area contributed by atoms with E-state index in [1.165, 1.54) is 12.1 Å². The number of carboxylic acids is 1. The first-order valence-electron chi connectivity index (χ1n) is 10.5. The molecule has 0 fully saturated rings. The van der Waals surface area contributed by atoms with Crippen molar-refractivity contribution < 1.29 is 27.9 Å². The topological polar surface area (TPSA) is 97.7 Å². The van der Waals surface area contributed by atoms with E-state index in [-0.39, 0.29) is 17.1 Å². The first-order valence-corrected chi connectivity index (χ1v) is 12.4. The molecule has 0 atom stereocenters. The Kier molecular flexibility index (Phi) is 6.47. The Morgan fingerprint density at radius 2 is 1.32 bits per heavy atom. The zero-order valence-electron chi connectivity index (χ0n) is 18.4. The van der Waals surface area contributed by atoms with Crippen LogP contribution < -0.4 is 0 Å². The van der Waals surface area contributed by atoms with Crippen molar-refractivity contribution in [1.29, 1.82) is 0 Å². The SMILES string of the molecule is CS(=O)(=O)c1ccc(COC(=O)c2ccc3ccc(Cc4ccc(C(=O)O)cc4)cc3c2)cc1. The van der Waals surface area contributed by atoms with Crippen LogP contribution in [0.25, 0.3) is 10.8 Å². The lowest BCUT2D eigenvalue weighted by atomic mass is 9.99. The molecule has 0 bridgehead atoms. The number of aromatic carboxylic acids is 1. The minimum atomic E-state index is -3.28. The van der Waals surface area contributed by atoms with Crippen molar-refractivity contribution in [3.05, 3.63) is 113 Å². The molecule has 34 heavy (non-hydrogen) atoms. The zero-order valence-corrected chi connectivity index (χ0v) is 19.2. The summed E-state index contributed by atoms with van der Waals surface area (Å²) >= 11 is 0. The summed E-state index contributed by atoms with van der Waals surface area (Å²) < 4.78 is 28.5. The minimum absolute atomic E-state index is 0.0350. The lowest BCUT2D eigenvalue weighted by molar-refractivity contribution is 0.0472. The highest BCUT2D eigenvalue weighted by Gasteiger charge is 2.11. The number of hydrogen-bond acceptors (Lipinski definition) is 5. The Hall–Kier alpha value is -3.97. The van der Waals surface area contributed by atoms with Gasteiger partial charge in [-0.05, 0) is 70.3 Å². The van der Waals surface area contributed by atoms with Crippen molar-refractivity contribution in [1.82, 2.24) is 0 Å². The van der Waals surface area contributed by atoms with Crippen LogP contribution in [-0.2, 0) is 27.6 Å². The molecule has 0 aliphatic heterocycles. The molecule has 0 aromatic heterocycles. The number of carbonyl (C=O) groups excluding carboxylic acids is 1. The maximum Gasteiger partial charge on any atom is 0.338 e. The summed E-state index contributed by atoms with van der Waals surface area (Å²) in [6.07, 6.45) is 1.77. The number of ether oxygens (including phenoxy) is 1. The predicted octanol–water partition coefficient (Wildman–Crippen LogP) is 4.89. The molecule has 1 N–H and O–H groups in total. The Labute approximate surface area is 197 Å². The number of hydrogen-bond donors (Lipinski definition) is 1. The van der Waals surface area contributed by atoms with Gasteiger partial charge in [-0.25, -0.2) is 18.0 Å². The van der Waals surface area contributed by atoms with E-state index < -0.39 is 21.8 Å². The monoisotopic (exact) mass is 474 g/mol. The van der Waals surface area contributed by atoms with Crippen molar-refractivity contribution in [3.8, 4) is 0 Å². The van der Waals surface area contributed by atoms with Crippen molar-refractivity contribution in [3.63, 3.8) is 0 Å². The van der Waals surface area contributed by atoms with Crippen LogP contribution in [0.2, 0.25) is 0 Å². The van der Waals surface area contributed by atoms with Gasteiger partial charge in [-0.2, -0.15) is 0 Å². The van der Waals surface area contributed by atoms with Gasteiger partial charge in [0, 0.05) is 6.26 Å². The third kappa shape index (κ3) is 5.50. The van der Waals surface area contributed by atoms with Gasteiger partial charge in [-0.15, -0.1) is 0 Å². The van der Waals surface area contributed by atoms with E-state index in [4.69, 9.17) is 9.84 Å². The van der Waals surface area contributed by atoms with E-state index in [0.717, 1.165) is 28.2 Å². The number of rotatable bonds is 7. The fourth-order valence-corrected chi connectivity index (χ4v) is 4.23. The molecule has 4 aromatic rings. The maximum absolute atomic E-state index is 12.6. The molecule has 0 unspecified atom stereocenters. The molecule has 0 radical (unpaired) electrons. The van der Waals surface area contributed by atoms with Gasteiger partial charge in [0.2, 0.25) is 0 Å². The highest BCUT2D eigenvalue weighted by molar-refractivity contribution is 7.90. The van der Waals surface area contributed by atoms with Crippen LogP contribution in [0.15, 0.2) is 89.8 Å². The largest absolute Gasteiger partial charge is 0.478 e. The molecule has 0 aliphatic rings. The molecule has 0 saturated heterocycles. The smallest absolute Gasteiger partial charge is 0.338 e. The lowest BCUT2D eigenvalue weighted by Gasteiger charge is -2.08.